The van der Waals surface area contributed by atoms with Gasteiger partial charge in [-0.3, -0.25) is 4.79 Å². The maximum absolute atomic E-state index is 11.4. The minimum Gasteiger partial charge on any atom is -0.508 e. The maximum atomic E-state index is 11.4. The summed E-state index contributed by atoms with van der Waals surface area (Å²) in [6, 6.07) is 6.66. The monoisotopic (exact) mass is 231 g/mol. The maximum Gasteiger partial charge on any atom is 0.244 e. The van der Waals surface area contributed by atoms with Crippen molar-refractivity contribution in [1.82, 2.24) is 5.32 Å². The van der Waals surface area contributed by atoms with E-state index in [1.54, 1.807) is 30.3 Å². The van der Waals surface area contributed by atoms with Gasteiger partial charge in [0.15, 0.2) is 0 Å². The summed E-state index contributed by atoms with van der Waals surface area (Å²) in [5, 5.41) is 11.8. The number of carbonyl (C=O) groups is 1. The number of hydrogen-bond donors (Lipinski definition) is 2. The molecule has 1 aromatic rings. The van der Waals surface area contributed by atoms with Gasteiger partial charge >= 0.3 is 0 Å². The van der Waals surface area contributed by atoms with Gasteiger partial charge in [-0.1, -0.05) is 23.8 Å². The molecule has 0 aliphatic rings. The van der Waals surface area contributed by atoms with E-state index in [2.05, 4.69) is 5.32 Å². The van der Waals surface area contributed by atoms with Crippen LogP contribution in [0.5, 0.6) is 5.75 Å². The topological polar surface area (TPSA) is 49.3 Å². The van der Waals surface area contributed by atoms with E-state index in [0.717, 1.165) is 5.56 Å². The first-order valence-electron chi connectivity index (χ1n) is 5.46. The van der Waals surface area contributed by atoms with Crippen LogP contribution >= 0.6 is 0 Å². The minimum atomic E-state index is -0.129. The van der Waals surface area contributed by atoms with E-state index in [0.29, 0.717) is 6.54 Å². The van der Waals surface area contributed by atoms with E-state index in [1.165, 1.54) is 11.6 Å². The van der Waals surface area contributed by atoms with Crippen molar-refractivity contribution < 1.29 is 9.90 Å². The molecule has 0 aliphatic heterocycles. The third kappa shape index (κ3) is 5.56. The highest BCUT2D eigenvalue weighted by atomic mass is 16.3. The van der Waals surface area contributed by atoms with Crippen LogP contribution in [0.15, 0.2) is 42.0 Å². The number of carbonyl (C=O) groups excluding carboxylic acids is 1. The summed E-state index contributed by atoms with van der Waals surface area (Å²) in [6.45, 7) is 4.51. The van der Waals surface area contributed by atoms with Gasteiger partial charge in [0.05, 0.1) is 0 Å². The summed E-state index contributed by atoms with van der Waals surface area (Å²) < 4.78 is 0. The Morgan fingerprint density at radius 2 is 1.94 bits per heavy atom. The van der Waals surface area contributed by atoms with Crippen molar-refractivity contribution in [3.05, 3.63) is 47.6 Å². The van der Waals surface area contributed by atoms with Crippen molar-refractivity contribution in [3.8, 4) is 5.75 Å². The molecule has 0 heterocycles. The van der Waals surface area contributed by atoms with Crippen LogP contribution in [0.3, 0.4) is 0 Å². The average Bonchev–Trinajstić information content (AvgIpc) is 2.28. The number of aromatic hydroxyl groups is 1. The second-order valence-electron chi connectivity index (χ2n) is 3.95. The standard InChI is InChI=1S/C14H17NO2/c1-11(2)9-10-15-14(17)8-5-12-3-6-13(16)7-4-12/h3-9,16H,10H2,1-2H3,(H,15,17)/b8-5+. The number of nitrogens with one attached hydrogen (secondary N) is 1. The normalized spacial score (nSPS) is 10.2. The van der Waals surface area contributed by atoms with Gasteiger partial charge in [0.1, 0.15) is 5.75 Å². The molecule has 0 saturated carbocycles. The summed E-state index contributed by atoms with van der Waals surface area (Å²) in [5.41, 5.74) is 2.05. The molecule has 0 bridgehead atoms. The molecule has 0 radical (unpaired) electrons. The molecular weight excluding hydrogens is 214 g/mol. The van der Waals surface area contributed by atoms with Gasteiger partial charge in [-0.2, -0.15) is 0 Å². The van der Waals surface area contributed by atoms with Gasteiger partial charge in [-0.05, 0) is 37.6 Å². The zero-order chi connectivity index (χ0) is 12.7. The summed E-state index contributed by atoms with van der Waals surface area (Å²) in [4.78, 5) is 11.4. The summed E-state index contributed by atoms with van der Waals surface area (Å²) in [5.74, 6) is 0.0886. The molecule has 0 saturated heterocycles. The highest BCUT2D eigenvalue weighted by Gasteiger charge is 1.93. The summed E-state index contributed by atoms with van der Waals surface area (Å²) in [6.07, 6.45) is 5.13. The van der Waals surface area contributed by atoms with Crippen molar-refractivity contribution >= 4 is 12.0 Å². The minimum absolute atomic E-state index is 0.129. The SMILES string of the molecule is CC(C)=CCNC(=O)/C=C/c1ccc(O)cc1. The van der Waals surface area contributed by atoms with Gasteiger partial charge in [-0.25, -0.2) is 0 Å². The molecule has 0 spiro atoms. The van der Waals surface area contributed by atoms with E-state index in [-0.39, 0.29) is 11.7 Å². The lowest BCUT2D eigenvalue weighted by molar-refractivity contribution is -0.116. The fraction of sp³-hybridized carbons (Fsp3) is 0.214. The lowest BCUT2D eigenvalue weighted by Crippen LogP contribution is -2.20. The zero-order valence-corrected chi connectivity index (χ0v) is 10.1. The molecule has 0 fully saturated rings. The van der Waals surface area contributed by atoms with Crippen LogP contribution < -0.4 is 5.32 Å². The molecule has 17 heavy (non-hydrogen) atoms. The molecule has 1 aromatic carbocycles. The third-order valence-corrected chi connectivity index (χ3v) is 2.11. The molecule has 3 nitrogen and oxygen atoms in total. The summed E-state index contributed by atoms with van der Waals surface area (Å²) >= 11 is 0. The van der Waals surface area contributed by atoms with Crippen LogP contribution in [0, 0.1) is 0 Å². The number of phenols is 1. The fourth-order valence-corrected chi connectivity index (χ4v) is 1.17. The van der Waals surface area contributed by atoms with Crippen molar-refractivity contribution in [1.29, 1.82) is 0 Å². The van der Waals surface area contributed by atoms with Crippen molar-refractivity contribution in [3.63, 3.8) is 0 Å². The van der Waals surface area contributed by atoms with E-state index >= 15 is 0 Å². The second kappa shape index (κ2) is 6.53. The van der Waals surface area contributed by atoms with Crippen LogP contribution in [-0.4, -0.2) is 17.6 Å². The number of allylic oxidation sites excluding steroid dienone is 1. The Kier molecular flexibility index (Phi) is 5.01. The number of amides is 1. The quantitative estimate of drug-likeness (QED) is 0.618. The van der Waals surface area contributed by atoms with E-state index in [4.69, 9.17) is 5.11 Å². The van der Waals surface area contributed by atoms with Crippen LogP contribution in [-0.2, 0) is 4.79 Å². The van der Waals surface area contributed by atoms with Gasteiger partial charge in [0.25, 0.3) is 0 Å². The zero-order valence-electron chi connectivity index (χ0n) is 10.1. The predicted molar refractivity (Wildman–Crippen MR) is 69.6 cm³/mol. The molecule has 0 atom stereocenters. The lowest BCUT2D eigenvalue weighted by atomic mass is 10.2. The van der Waals surface area contributed by atoms with Gasteiger partial charge in [0.2, 0.25) is 5.91 Å². The molecule has 0 aromatic heterocycles. The van der Waals surface area contributed by atoms with Crippen LogP contribution in [0.4, 0.5) is 0 Å². The third-order valence-electron chi connectivity index (χ3n) is 2.11. The Hall–Kier alpha value is -2.03. The largest absolute Gasteiger partial charge is 0.508 e. The predicted octanol–water partition coefficient (Wildman–Crippen LogP) is 2.49. The number of hydrogen-bond acceptors (Lipinski definition) is 2. The Morgan fingerprint density at radius 1 is 1.29 bits per heavy atom. The highest BCUT2D eigenvalue weighted by Crippen LogP contribution is 2.10. The Labute approximate surface area is 101 Å². The molecular formula is C14H17NO2. The first-order valence-corrected chi connectivity index (χ1v) is 5.46. The van der Waals surface area contributed by atoms with Gasteiger partial charge < -0.3 is 10.4 Å². The Morgan fingerprint density at radius 3 is 2.53 bits per heavy atom. The molecule has 90 valence electrons. The second-order valence-corrected chi connectivity index (χ2v) is 3.95. The lowest BCUT2D eigenvalue weighted by Gasteiger charge is -1.98. The van der Waals surface area contributed by atoms with Gasteiger partial charge in [0, 0.05) is 12.6 Å². The number of phenolic OH excluding ortho intramolecular Hbond substituents is 1. The molecule has 0 aliphatic carbocycles. The van der Waals surface area contributed by atoms with Crippen LogP contribution in [0.2, 0.25) is 0 Å². The van der Waals surface area contributed by atoms with Crippen LogP contribution in [0.1, 0.15) is 19.4 Å². The molecule has 1 rings (SSSR count). The average molecular weight is 231 g/mol. The van der Waals surface area contributed by atoms with Gasteiger partial charge in [-0.15, -0.1) is 0 Å². The first-order chi connectivity index (χ1) is 8.08. The fourth-order valence-electron chi connectivity index (χ4n) is 1.17. The molecule has 0 unspecified atom stereocenters. The van der Waals surface area contributed by atoms with Crippen molar-refractivity contribution in [2.75, 3.05) is 6.54 Å². The van der Waals surface area contributed by atoms with Crippen molar-refractivity contribution in [2.24, 2.45) is 0 Å². The van der Waals surface area contributed by atoms with Crippen molar-refractivity contribution in [2.45, 2.75) is 13.8 Å². The Bertz CT molecular complexity index is 426. The van der Waals surface area contributed by atoms with Crippen LogP contribution in [0.25, 0.3) is 6.08 Å². The number of benzene rings is 1. The summed E-state index contributed by atoms with van der Waals surface area (Å²) in [7, 11) is 0. The highest BCUT2D eigenvalue weighted by molar-refractivity contribution is 5.91. The van der Waals surface area contributed by atoms with E-state index < -0.39 is 0 Å². The van der Waals surface area contributed by atoms with E-state index in [1.807, 2.05) is 19.9 Å². The Balaban J connectivity index is 2.45. The molecule has 2 N–H and O–H groups in total. The number of rotatable bonds is 4. The molecule has 1 amide bonds. The van der Waals surface area contributed by atoms with E-state index in [9.17, 15) is 4.79 Å². The smallest absolute Gasteiger partial charge is 0.244 e. The first kappa shape index (κ1) is 13.0. The molecule has 3 heteroatoms.